The van der Waals surface area contributed by atoms with Crippen LogP contribution in [-0.4, -0.2) is 18.0 Å². The molecule has 0 aliphatic rings. The normalized spacial score (nSPS) is 10.5. The number of non-ortho nitro benzene ring substituents is 1. The van der Waals surface area contributed by atoms with E-state index in [1.807, 2.05) is 6.92 Å². The molecule has 1 aromatic rings. The standard InChI is InChI=1S/C15H22N2O2/c1-12(2)9-10-16(11-13(3)4)14-5-7-15(8-6-14)17(18)19/h5-8,12H,3,9-11H2,1-2,4H3. The fraction of sp³-hybridized carbons (Fsp3) is 0.467. The lowest BCUT2D eigenvalue weighted by atomic mass is 10.1. The zero-order chi connectivity index (χ0) is 14.4. The van der Waals surface area contributed by atoms with E-state index < -0.39 is 0 Å². The summed E-state index contributed by atoms with van der Waals surface area (Å²) < 4.78 is 0. The van der Waals surface area contributed by atoms with Gasteiger partial charge in [-0.1, -0.05) is 26.0 Å². The molecule has 0 aliphatic heterocycles. The lowest BCUT2D eigenvalue weighted by Crippen LogP contribution is -2.27. The van der Waals surface area contributed by atoms with Crippen LogP contribution in [0.1, 0.15) is 27.2 Å². The van der Waals surface area contributed by atoms with Gasteiger partial charge in [-0.05, 0) is 31.4 Å². The van der Waals surface area contributed by atoms with Crippen molar-refractivity contribution in [2.24, 2.45) is 5.92 Å². The highest BCUT2D eigenvalue weighted by atomic mass is 16.6. The Kier molecular flexibility index (Phi) is 5.55. The molecular weight excluding hydrogens is 240 g/mol. The van der Waals surface area contributed by atoms with Gasteiger partial charge >= 0.3 is 0 Å². The van der Waals surface area contributed by atoms with Crippen molar-refractivity contribution in [3.63, 3.8) is 0 Å². The van der Waals surface area contributed by atoms with Crippen LogP contribution in [0, 0.1) is 16.0 Å². The highest BCUT2D eigenvalue weighted by molar-refractivity contribution is 5.51. The van der Waals surface area contributed by atoms with Crippen LogP contribution in [0.4, 0.5) is 11.4 Å². The Labute approximate surface area is 114 Å². The molecule has 0 aliphatic carbocycles. The molecule has 0 unspecified atom stereocenters. The van der Waals surface area contributed by atoms with Crippen LogP contribution in [0.2, 0.25) is 0 Å². The largest absolute Gasteiger partial charge is 0.368 e. The Morgan fingerprint density at radius 2 is 1.95 bits per heavy atom. The number of nitro benzene ring substituents is 1. The maximum absolute atomic E-state index is 10.7. The monoisotopic (exact) mass is 262 g/mol. The number of anilines is 1. The lowest BCUT2D eigenvalue weighted by molar-refractivity contribution is -0.384. The first-order valence-electron chi connectivity index (χ1n) is 6.54. The predicted octanol–water partition coefficient (Wildman–Crippen LogP) is 4.02. The van der Waals surface area contributed by atoms with Crippen LogP contribution in [0.5, 0.6) is 0 Å². The average Bonchev–Trinajstić information content (AvgIpc) is 2.34. The lowest BCUT2D eigenvalue weighted by Gasteiger charge is -2.25. The van der Waals surface area contributed by atoms with Crippen molar-refractivity contribution in [2.75, 3.05) is 18.0 Å². The molecule has 0 radical (unpaired) electrons. The van der Waals surface area contributed by atoms with E-state index in [4.69, 9.17) is 0 Å². The van der Waals surface area contributed by atoms with Gasteiger partial charge in [0.05, 0.1) is 4.92 Å². The molecule has 0 spiro atoms. The first-order valence-corrected chi connectivity index (χ1v) is 6.54. The number of nitro groups is 1. The third kappa shape index (κ3) is 5.12. The van der Waals surface area contributed by atoms with Crippen molar-refractivity contribution < 1.29 is 4.92 Å². The summed E-state index contributed by atoms with van der Waals surface area (Å²) in [4.78, 5) is 12.5. The molecule has 0 saturated heterocycles. The third-order valence-corrected chi connectivity index (χ3v) is 2.86. The highest BCUT2D eigenvalue weighted by Crippen LogP contribution is 2.21. The third-order valence-electron chi connectivity index (χ3n) is 2.86. The van der Waals surface area contributed by atoms with Gasteiger partial charge in [-0.15, -0.1) is 0 Å². The molecule has 1 rings (SSSR count). The summed E-state index contributed by atoms with van der Waals surface area (Å²) in [6.07, 6.45) is 1.09. The minimum atomic E-state index is -0.374. The van der Waals surface area contributed by atoms with Crippen molar-refractivity contribution in [3.8, 4) is 0 Å². The van der Waals surface area contributed by atoms with Crippen molar-refractivity contribution >= 4 is 11.4 Å². The highest BCUT2D eigenvalue weighted by Gasteiger charge is 2.10. The zero-order valence-corrected chi connectivity index (χ0v) is 11.9. The van der Waals surface area contributed by atoms with Crippen LogP contribution in [0.15, 0.2) is 36.4 Å². The van der Waals surface area contributed by atoms with Crippen LogP contribution in [0.25, 0.3) is 0 Å². The van der Waals surface area contributed by atoms with E-state index in [1.54, 1.807) is 24.3 Å². The number of nitrogens with zero attached hydrogens (tertiary/aromatic N) is 2. The number of hydrogen-bond donors (Lipinski definition) is 0. The Balaban J connectivity index is 2.83. The molecule has 0 saturated carbocycles. The molecule has 0 aromatic heterocycles. The molecule has 0 fully saturated rings. The molecule has 0 heterocycles. The quantitative estimate of drug-likeness (QED) is 0.423. The smallest absolute Gasteiger partial charge is 0.269 e. The minimum Gasteiger partial charge on any atom is -0.368 e. The topological polar surface area (TPSA) is 46.4 Å². The number of hydrogen-bond acceptors (Lipinski definition) is 3. The van der Waals surface area contributed by atoms with Gasteiger partial charge < -0.3 is 4.90 Å². The Bertz CT molecular complexity index is 438. The van der Waals surface area contributed by atoms with Gasteiger partial charge in [0, 0.05) is 30.9 Å². The second-order valence-corrected chi connectivity index (χ2v) is 5.33. The van der Waals surface area contributed by atoms with E-state index in [-0.39, 0.29) is 10.6 Å². The van der Waals surface area contributed by atoms with E-state index in [0.29, 0.717) is 5.92 Å². The summed E-state index contributed by atoms with van der Waals surface area (Å²) in [7, 11) is 0. The van der Waals surface area contributed by atoms with Gasteiger partial charge in [0.15, 0.2) is 0 Å². The maximum atomic E-state index is 10.7. The predicted molar refractivity (Wildman–Crippen MR) is 79.6 cm³/mol. The molecular formula is C15H22N2O2. The molecule has 1 aromatic carbocycles. The summed E-state index contributed by atoms with van der Waals surface area (Å²) in [5, 5.41) is 10.7. The fourth-order valence-corrected chi connectivity index (χ4v) is 1.82. The first-order chi connectivity index (χ1) is 8.90. The maximum Gasteiger partial charge on any atom is 0.269 e. The Morgan fingerprint density at radius 3 is 2.37 bits per heavy atom. The van der Waals surface area contributed by atoms with Crippen molar-refractivity contribution in [1.29, 1.82) is 0 Å². The summed E-state index contributed by atoms with van der Waals surface area (Å²) >= 11 is 0. The molecule has 19 heavy (non-hydrogen) atoms. The molecule has 0 bridgehead atoms. The van der Waals surface area contributed by atoms with E-state index in [2.05, 4.69) is 25.3 Å². The first kappa shape index (κ1) is 15.2. The van der Waals surface area contributed by atoms with Crippen LogP contribution in [-0.2, 0) is 0 Å². The van der Waals surface area contributed by atoms with Gasteiger partial charge in [-0.3, -0.25) is 10.1 Å². The van der Waals surface area contributed by atoms with Crippen molar-refractivity contribution in [1.82, 2.24) is 0 Å². The molecule has 104 valence electrons. The average molecular weight is 262 g/mol. The van der Waals surface area contributed by atoms with E-state index >= 15 is 0 Å². The molecule has 4 heteroatoms. The van der Waals surface area contributed by atoms with Gasteiger partial charge in [0.2, 0.25) is 0 Å². The Morgan fingerprint density at radius 1 is 1.37 bits per heavy atom. The molecule has 0 atom stereocenters. The SMILES string of the molecule is C=C(C)CN(CCC(C)C)c1ccc([N+](=O)[O-])cc1. The van der Waals surface area contributed by atoms with E-state index in [0.717, 1.165) is 30.8 Å². The number of rotatable bonds is 7. The van der Waals surface area contributed by atoms with Crippen molar-refractivity contribution in [3.05, 3.63) is 46.5 Å². The minimum absolute atomic E-state index is 0.128. The van der Waals surface area contributed by atoms with Crippen LogP contribution < -0.4 is 4.90 Å². The second kappa shape index (κ2) is 6.92. The molecule has 0 amide bonds. The summed E-state index contributed by atoms with van der Waals surface area (Å²) in [6.45, 7) is 12.0. The van der Waals surface area contributed by atoms with Crippen molar-refractivity contribution in [2.45, 2.75) is 27.2 Å². The van der Waals surface area contributed by atoms with Gasteiger partial charge in [0.25, 0.3) is 5.69 Å². The van der Waals surface area contributed by atoms with Gasteiger partial charge in [0.1, 0.15) is 0 Å². The van der Waals surface area contributed by atoms with E-state index in [1.165, 1.54) is 0 Å². The second-order valence-electron chi connectivity index (χ2n) is 5.33. The fourth-order valence-electron chi connectivity index (χ4n) is 1.82. The summed E-state index contributed by atoms with van der Waals surface area (Å²) in [6, 6.07) is 6.72. The summed E-state index contributed by atoms with van der Waals surface area (Å²) in [5.41, 5.74) is 2.22. The number of benzene rings is 1. The molecule has 0 N–H and O–H groups in total. The Hall–Kier alpha value is -1.84. The van der Waals surface area contributed by atoms with E-state index in [9.17, 15) is 10.1 Å². The molecule has 4 nitrogen and oxygen atoms in total. The van der Waals surface area contributed by atoms with Gasteiger partial charge in [-0.25, -0.2) is 0 Å². The summed E-state index contributed by atoms with van der Waals surface area (Å²) in [5.74, 6) is 0.630. The van der Waals surface area contributed by atoms with Crippen LogP contribution in [0.3, 0.4) is 0 Å². The van der Waals surface area contributed by atoms with Crippen LogP contribution >= 0.6 is 0 Å². The van der Waals surface area contributed by atoms with Gasteiger partial charge in [-0.2, -0.15) is 0 Å². The zero-order valence-electron chi connectivity index (χ0n) is 11.9.